The van der Waals surface area contributed by atoms with Crippen LogP contribution in [-0.4, -0.2) is 37.9 Å². The first-order valence-electron chi connectivity index (χ1n) is 7.08. The van der Waals surface area contributed by atoms with Crippen LogP contribution in [0.25, 0.3) is 0 Å². The van der Waals surface area contributed by atoms with Gasteiger partial charge in [-0.1, -0.05) is 12.1 Å². The van der Waals surface area contributed by atoms with Crippen molar-refractivity contribution in [3.05, 3.63) is 29.8 Å². The fourth-order valence-electron chi connectivity index (χ4n) is 2.14. The summed E-state index contributed by atoms with van der Waals surface area (Å²) in [6.45, 7) is 5.43. The molecule has 0 saturated heterocycles. The third-order valence-electron chi connectivity index (χ3n) is 3.87. The van der Waals surface area contributed by atoms with Crippen LogP contribution in [0.5, 0.6) is 0 Å². The number of hydrogen-bond acceptors (Lipinski definition) is 3. The van der Waals surface area contributed by atoms with Crippen molar-refractivity contribution in [2.24, 2.45) is 0 Å². The molecule has 1 atom stereocenters. The summed E-state index contributed by atoms with van der Waals surface area (Å²) < 4.78 is 0. The van der Waals surface area contributed by atoms with E-state index in [9.17, 15) is 5.11 Å². The van der Waals surface area contributed by atoms with E-state index < -0.39 is 0 Å². The lowest BCUT2D eigenvalue weighted by Crippen LogP contribution is -2.43. The Morgan fingerprint density at radius 1 is 1.32 bits per heavy atom. The van der Waals surface area contributed by atoms with E-state index in [1.165, 1.54) is 11.3 Å². The smallest absolute Gasteiger partial charge is 0.0610 e. The molecule has 108 valence electrons. The molecule has 0 spiro atoms. The minimum Gasteiger partial charge on any atom is -0.394 e. The fraction of sp³-hybridized carbons (Fsp3) is 0.625. The number of anilines is 1. The molecular weight excluding hydrogens is 236 g/mol. The molecule has 3 nitrogen and oxygen atoms in total. The van der Waals surface area contributed by atoms with Crippen LogP contribution in [0, 0.1) is 6.92 Å². The number of likely N-dealkylation sites (N-methyl/N-ethyl adjacent to an activating group) is 1. The predicted molar refractivity (Wildman–Crippen MR) is 82.9 cm³/mol. The normalized spacial score (nSPS) is 14.2. The molecule has 0 heterocycles. The lowest BCUT2D eigenvalue weighted by molar-refractivity contribution is 0.171. The van der Waals surface area contributed by atoms with Crippen molar-refractivity contribution < 1.29 is 5.11 Å². The molecule has 1 rings (SSSR count). The first-order chi connectivity index (χ1) is 9.00. The molecule has 3 heteroatoms. The highest BCUT2D eigenvalue weighted by molar-refractivity contribution is 5.47. The summed E-state index contributed by atoms with van der Waals surface area (Å²) in [6, 6.07) is 8.59. The quantitative estimate of drug-likeness (QED) is 0.708. The molecule has 0 saturated carbocycles. The lowest BCUT2D eigenvalue weighted by atomic mass is 9.96. The van der Waals surface area contributed by atoms with Crippen molar-refractivity contribution in [1.29, 1.82) is 0 Å². The molecule has 1 aromatic rings. The summed E-state index contributed by atoms with van der Waals surface area (Å²) in [7, 11) is 4.05. The zero-order chi connectivity index (χ0) is 14.3. The van der Waals surface area contributed by atoms with Gasteiger partial charge in [-0.2, -0.15) is 0 Å². The van der Waals surface area contributed by atoms with E-state index in [0.717, 1.165) is 25.8 Å². The molecule has 19 heavy (non-hydrogen) atoms. The van der Waals surface area contributed by atoms with Gasteiger partial charge in [-0.05, 0) is 57.9 Å². The van der Waals surface area contributed by atoms with Gasteiger partial charge in [-0.25, -0.2) is 0 Å². The van der Waals surface area contributed by atoms with Crippen LogP contribution in [0.2, 0.25) is 0 Å². The minimum atomic E-state index is -0.137. The van der Waals surface area contributed by atoms with Gasteiger partial charge in [0.2, 0.25) is 0 Å². The highest BCUT2D eigenvalue weighted by Gasteiger charge is 2.19. The van der Waals surface area contributed by atoms with Gasteiger partial charge in [0.1, 0.15) is 0 Å². The zero-order valence-corrected chi connectivity index (χ0v) is 12.7. The molecule has 1 unspecified atom stereocenters. The molecule has 0 amide bonds. The van der Waals surface area contributed by atoms with Gasteiger partial charge in [0.25, 0.3) is 0 Å². The summed E-state index contributed by atoms with van der Waals surface area (Å²) in [4.78, 5) is 2.29. The van der Waals surface area contributed by atoms with Gasteiger partial charge in [-0.3, -0.25) is 0 Å². The molecule has 2 N–H and O–H groups in total. The van der Waals surface area contributed by atoms with Gasteiger partial charge < -0.3 is 15.3 Å². The largest absolute Gasteiger partial charge is 0.394 e. The van der Waals surface area contributed by atoms with Crippen LogP contribution < -0.4 is 10.2 Å². The number of benzene rings is 1. The van der Waals surface area contributed by atoms with Crippen LogP contribution in [0.3, 0.4) is 0 Å². The Kier molecular flexibility index (Phi) is 6.32. The molecular formula is C16H28N2O. The van der Waals surface area contributed by atoms with Gasteiger partial charge in [-0.15, -0.1) is 0 Å². The summed E-state index contributed by atoms with van der Waals surface area (Å²) >= 11 is 0. The fourth-order valence-corrected chi connectivity index (χ4v) is 2.14. The number of aryl methyl sites for hydroxylation is 1. The van der Waals surface area contributed by atoms with E-state index in [1.807, 2.05) is 7.05 Å². The number of nitrogens with zero attached hydrogens (tertiary/aromatic N) is 1. The average molecular weight is 264 g/mol. The van der Waals surface area contributed by atoms with Crippen molar-refractivity contribution in [3.63, 3.8) is 0 Å². The maximum atomic E-state index is 9.33. The van der Waals surface area contributed by atoms with Crippen molar-refractivity contribution >= 4 is 5.69 Å². The van der Waals surface area contributed by atoms with E-state index in [1.54, 1.807) is 0 Å². The third kappa shape index (κ3) is 5.21. The van der Waals surface area contributed by atoms with Gasteiger partial charge >= 0.3 is 0 Å². The topological polar surface area (TPSA) is 35.5 Å². The second-order valence-electron chi connectivity index (χ2n) is 5.69. The van der Waals surface area contributed by atoms with E-state index >= 15 is 0 Å². The number of nitrogens with one attached hydrogen (secondary N) is 1. The molecule has 0 aliphatic rings. The molecule has 1 aromatic carbocycles. The Bertz CT molecular complexity index is 375. The predicted octanol–water partition coefficient (Wildman–Crippen LogP) is 2.57. The molecule has 0 aliphatic heterocycles. The Morgan fingerprint density at radius 2 is 2.05 bits per heavy atom. The number of hydrogen-bond donors (Lipinski definition) is 2. The average Bonchev–Trinajstić information content (AvgIpc) is 2.43. The van der Waals surface area contributed by atoms with Gasteiger partial charge in [0.15, 0.2) is 0 Å². The summed E-state index contributed by atoms with van der Waals surface area (Å²) in [5.41, 5.74) is 2.44. The van der Waals surface area contributed by atoms with Crippen LogP contribution >= 0.6 is 0 Å². The maximum absolute atomic E-state index is 9.33. The second kappa shape index (κ2) is 7.51. The van der Waals surface area contributed by atoms with Gasteiger partial charge in [0, 0.05) is 24.8 Å². The molecule has 0 radical (unpaired) electrons. The van der Waals surface area contributed by atoms with Crippen molar-refractivity contribution in [2.45, 2.75) is 38.6 Å². The summed E-state index contributed by atoms with van der Waals surface area (Å²) in [5.74, 6) is 0. The highest BCUT2D eigenvalue weighted by atomic mass is 16.3. The number of aliphatic hydroxyl groups is 1. The van der Waals surface area contributed by atoms with Crippen molar-refractivity contribution in [1.82, 2.24) is 5.32 Å². The SMILES string of the molecule is CNC(C)(CO)CCCCN(C)c1cccc(C)c1. The first-order valence-corrected chi connectivity index (χ1v) is 7.08. The molecule has 0 bridgehead atoms. The first kappa shape index (κ1) is 16.0. The van der Waals surface area contributed by atoms with E-state index in [4.69, 9.17) is 0 Å². The maximum Gasteiger partial charge on any atom is 0.0610 e. The monoisotopic (exact) mass is 264 g/mol. The number of aliphatic hydroxyl groups excluding tert-OH is 1. The lowest BCUT2D eigenvalue weighted by Gasteiger charge is -2.27. The van der Waals surface area contributed by atoms with Crippen LogP contribution in [0.4, 0.5) is 5.69 Å². The molecule has 0 aliphatic carbocycles. The molecule has 0 aromatic heterocycles. The standard InChI is InChI=1S/C16H28N2O/c1-14-8-7-9-15(12-14)18(4)11-6-5-10-16(2,13-19)17-3/h7-9,12,17,19H,5-6,10-11,13H2,1-4H3. The number of rotatable bonds is 8. The minimum absolute atomic E-state index is 0.137. The number of unbranched alkanes of at least 4 members (excludes halogenated alkanes) is 1. The summed E-state index contributed by atoms with van der Waals surface area (Å²) in [5, 5.41) is 12.5. The van der Waals surface area contributed by atoms with Crippen LogP contribution in [0.15, 0.2) is 24.3 Å². The Labute approximate surface area is 117 Å². The zero-order valence-electron chi connectivity index (χ0n) is 12.7. The van der Waals surface area contributed by atoms with Crippen molar-refractivity contribution in [3.8, 4) is 0 Å². The van der Waals surface area contributed by atoms with Crippen LogP contribution in [-0.2, 0) is 0 Å². The second-order valence-corrected chi connectivity index (χ2v) is 5.69. The van der Waals surface area contributed by atoms with E-state index in [0.29, 0.717) is 0 Å². The van der Waals surface area contributed by atoms with Crippen molar-refractivity contribution in [2.75, 3.05) is 32.1 Å². The van der Waals surface area contributed by atoms with E-state index in [2.05, 4.69) is 55.4 Å². The Balaban J connectivity index is 2.33. The highest BCUT2D eigenvalue weighted by Crippen LogP contribution is 2.16. The molecule has 0 fully saturated rings. The van der Waals surface area contributed by atoms with E-state index in [-0.39, 0.29) is 12.1 Å². The summed E-state index contributed by atoms with van der Waals surface area (Å²) in [6.07, 6.45) is 3.26. The Hall–Kier alpha value is -1.06. The third-order valence-corrected chi connectivity index (χ3v) is 3.87. The van der Waals surface area contributed by atoms with Gasteiger partial charge in [0.05, 0.1) is 6.61 Å². The van der Waals surface area contributed by atoms with Crippen LogP contribution in [0.1, 0.15) is 31.7 Å². The Morgan fingerprint density at radius 3 is 2.63 bits per heavy atom.